The molecule has 0 atom stereocenters. The van der Waals surface area contributed by atoms with E-state index in [0.29, 0.717) is 23.1 Å². The van der Waals surface area contributed by atoms with Gasteiger partial charge in [0, 0.05) is 11.8 Å². The fourth-order valence-electron chi connectivity index (χ4n) is 2.21. The van der Waals surface area contributed by atoms with Crippen LogP contribution in [0.5, 0.6) is 0 Å². The Hall–Kier alpha value is -2.93. The van der Waals surface area contributed by atoms with Gasteiger partial charge in [0.05, 0.1) is 10.7 Å². The molecule has 3 aromatic heterocycles. The summed E-state index contributed by atoms with van der Waals surface area (Å²) < 4.78 is 5.31. The van der Waals surface area contributed by atoms with Crippen molar-refractivity contribution < 1.29 is 4.52 Å². The quantitative estimate of drug-likeness (QED) is 0.567. The predicted molar refractivity (Wildman–Crippen MR) is 90.4 cm³/mol. The number of hydrogen-bond donors (Lipinski definition) is 0. The lowest BCUT2D eigenvalue weighted by molar-refractivity contribution is 0.431. The SMILES string of the molecule is Cc1ccc(-c2noc(-c3csc(Cc4ccccc4)n3)n2)nn1. The zero-order valence-corrected chi connectivity index (χ0v) is 13.7. The van der Waals surface area contributed by atoms with Crippen LogP contribution in [0.2, 0.25) is 0 Å². The minimum absolute atomic E-state index is 0.392. The van der Waals surface area contributed by atoms with E-state index in [-0.39, 0.29) is 0 Å². The maximum Gasteiger partial charge on any atom is 0.277 e. The van der Waals surface area contributed by atoms with Gasteiger partial charge in [-0.1, -0.05) is 35.5 Å². The monoisotopic (exact) mass is 335 g/mol. The average molecular weight is 335 g/mol. The van der Waals surface area contributed by atoms with Crippen molar-refractivity contribution in [2.45, 2.75) is 13.3 Å². The number of thiazole rings is 1. The van der Waals surface area contributed by atoms with E-state index >= 15 is 0 Å². The Morgan fingerprint density at radius 3 is 2.62 bits per heavy atom. The summed E-state index contributed by atoms with van der Waals surface area (Å²) in [5.74, 6) is 0.804. The second kappa shape index (κ2) is 6.29. The van der Waals surface area contributed by atoms with E-state index < -0.39 is 0 Å². The van der Waals surface area contributed by atoms with Crippen LogP contribution in [0.3, 0.4) is 0 Å². The first kappa shape index (κ1) is 14.6. The van der Waals surface area contributed by atoms with Crippen molar-refractivity contribution >= 4 is 11.3 Å². The van der Waals surface area contributed by atoms with Crippen LogP contribution in [0.15, 0.2) is 52.4 Å². The summed E-state index contributed by atoms with van der Waals surface area (Å²) in [4.78, 5) is 8.95. The normalized spacial score (nSPS) is 10.9. The lowest BCUT2D eigenvalue weighted by atomic mass is 10.2. The fourth-order valence-corrected chi connectivity index (χ4v) is 3.01. The van der Waals surface area contributed by atoms with E-state index in [0.717, 1.165) is 17.1 Å². The first-order valence-corrected chi connectivity index (χ1v) is 8.29. The molecule has 0 aliphatic rings. The van der Waals surface area contributed by atoms with E-state index in [1.807, 2.05) is 42.6 Å². The van der Waals surface area contributed by atoms with Crippen LogP contribution < -0.4 is 0 Å². The Labute approximate surface area is 142 Å². The molecule has 24 heavy (non-hydrogen) atoms. The van der Waals surface area contributed by atoms with Crippen molar-refractivity contribution in [3.63, 3.8) is 0 Å². The van der Waals surface area contributed by atoms with Gasteiger partial charge in [-0.15, -0.1) is 16.4 Å². The van der Waals surface area contributed by atoms with Crippen LogP contribution in [0, 0.1) is 6.92 Å². The van der Waals surface area contributed by atoms with Crippen molar-refractivity contribution in [2.24, 2.45) is 0 Å². The second-order valence-corrected chi connectivity index (χ2v) is 6.21. The molecule has 0 unspecified atom stereocenters. The van der Waals surface area contributed by atoms with Gasteiger partial charge in [-0.2, -0.15) is 10.1 Å². The van der Waals surface area contributed by atoms with Gasteiger partial charge in [-0.05, 0) is 24.6 Å². The first-order chi connectivity index (χ1) is 11.8. The zero-order valence-electron chi connectivity index (χ0n) is 12.9. The van der Waals surface area contributed by atoms with E-state index in [2.05, 4.69) is 37.5 Å². The lowest BCUT2D eigenvalue weighted by Crippen LogP contribution is -1.91. The van der Waals surface area contributed by atoms with Gasteiger partial charge in [0.2, 0.25) is 5.82 Å². The molecule has 7 heteroatoms. The van der Waals surface area contributed by atoms with Gasteiger partial charge in [0.15, 0.2) is 0 Å². The van der Waals surface area contributed by atoms with Crippen LogP contribution in [-0.4, -0.2) is 25.3 Å². The third-order valence-corrected chi connectivity index (χ3v) is 4.27. The Kier molecular flexibility index (Phi) is 3.84. The van der Waals surface area contributed by atoms with Crippen LogP contribution in [0.4, 0.5) is 0 Å². The molecule has 0 aliphatic carbocycles. The average Bonchev–Trinajstić information content (AvgIpc) is 3.26. The molecule has 0 saturated carbocycles. The number of aryl methyl sites for hydroxylation is 1. The van der Waals surface area contributed by atoms with Crippen LogP contribution >= 0.6 is 11.3 Å². The zero-order chi connectivity index (χ0) is 16.4. The molecule has 1 aromatic carbocycles. The van der Waals surface area contributed by atoms with E-state index in [1.165, 1.54) is 5.56 Å². The third-order valence-electron chi connectivity index (χ3n) is 3.42. The molecule has 118 valence electrons. The topological polar surface area (TPSA) is 77.6 Å². The van der Waals surface area contributed by atoms with Crippen LogP contribution in [-0.2, 0) is 6.42 Å². The standard InChI is InChI=1S/C17H13N5OS/c1-11-7-8-13(21-20-11)16-19-17(23-22-16)14-10-24-15(18-14)9-12-5-3-2-4-6-12/h2-8,10H,9H2,1H3. The van der Waals surface area contributed by atoms with Crippen LogP contribution in [0.1, 0.15) is 16.3 Å². The summed E-state index contributed by atoms with van der Waals surface area (Å²) >= 11 is 1.58. The largest absolute Gasteiger partial charge is 0.332 e. The molecule has 0 amide bonds. The Bertz CT molecular complexity index is 947. The van der Waals surface area contributed by atoms with Crippen molar-refractivity contribution in [2.75, 3.05) is 0 Å². The van der Waals surface area contributed by atoms with Crippen LogP contribution in [0.25, 0.3) is 23.1 Å². The summed E-state index contributed by atoms with van der Waals surface area (Å²) in [6, 6.07) is 13.9. The summed E-state index contributed by atoms with van der Waals surface area (Å²) in [5, 5.41) is 15.0. The highest BCUT2D eigenvalue weighted by Gasteiger charge is 2.15. The maximum absolute atomic E-state index is 5.31. The van der Waals surface area contributed by atoms with Crippen molar-refractivity contribution in [1.29, 1.82) is 0 Å². The van der Waals surface area contributed by atoms with E-state index in [4.69, 9.17) is 4.52 Å². The molecule has 0 saturated heterocycles. The van der Waals surface area contributed by atoms with Gasteiger partial charge in [0.1, 0.15) is 11.4 Å². The van der Waals surface area contributed by atoms with Gasteiger partial charge >= 0.3 is 0 Å². The number of aromatic nitrogens is 5. The molecule has 0 N–H and O–H groups in total. The molecule has 0 aliphatic heterocycles. The first-order valence-electron chi connectivity index (χ1n) is 7.41. The molecule has 0 bridgehead atoms. The fraction of sp³-hybridized carbons (Fsp3) is 0.118. The minimum Gasteiger partial charge on any atom is -0.332 e. The number of hydrogen-bond acceptors (Lipinski definition) is 7. The highest BCUT2D eigenvalue weighted by Crippen LogP contribution is 2.24. The Balaban J connectivity index is 1.56. The van der Waals surface area contributed by atoms with Gasteiger partial charge in [0.25, 0.3) is 5.89 Å². The van der Waals surface area contributed by atoms with Crippen molar-refractivity contribution in [3.8, 4) is 23.1 Å². The second-order valence-electron chi connectivity index (χ2n) is 5.27. The number of benzene rings is 1. The lowest BCUT2D eigenvalue weighted by Gasteiger charge is -1.95. The molecule has 0 radical (unpaired) electrons. The molecule has 4 aromatic rings. The summed E-state index contributed by atoms with van der Waals surface area (Å²) in [5.41, 5.74) is 3.33. The molecular weight excluding hydrogens is 322 g/mol. The van der Waals surface area contributed by atoms with Crippen molar-refractivity contribution in [3.05, 3.63) is 64.1 Å². The predicted octanol–water partition coefficient (Wildman–Crippen LogP) is 3.55. The maximum atomic E-state index is 5.31. The third kappa shape index (κ3) is 3.07. The molecule has 3 heterocycles. The number of nitrogens with zero attached hydrogens (tertiary/aromatic N) is 5. The van der Waals surface area contributed by atoms with Gasteiger partial charge < -0.3 is 4.52 Å². The molecule has 0 fully saturated rings. The Morgan fingerprint density at radius 2 is 1.83 bits per heavy atom. The number of rotatable bonds is 4. The van der Waals surface area contributed by atoms with Gasteiger partial charge in [-0.25, -0.2) is 4.98 Å². The molecule has 6 nitrogen and oxygen atoms in total. The molecule has 4 rings (SSSR count). The summed E-state index contributed by atoms with van der Waals surface area (Å²) in [6.45, 7) is 1.88. The van der Waals surface area contributed by atoms with Crippen molar-refractivity contribution in [1.82, 2.24) is 25.3 Å². The van der Waals surface area contributed by atoms with E-state index in [9.17, 15) is 0 Å². The molecular formula is C17H13N5OS. The van der Waals surface area contributed by atoms with Gasteiger partial charge in [-0.3, -0.25) is 0 Å². The molecule has 0 spiro atoms. The highest BCUT2D eigenvalue weighted by molar-refractivity contribution is 7.10. The smallest absolute Gasteiger partial charge is 0.277 e. The summed E-state index contributed by atoms with van der Waals surface area (Å²) in [7, 11) is 0. The summed E-state index contributed by atoms with van der Waals surface area (Å²) in [6.07, 6.45) is 0.788. The Morgan fingerprint density at radius 1 is 0.958 bits per heavy atom. The van der Waals surface area contributed by atoms with E-state index in [1.54, 1.807) is 11.3 Å². The highest BCUT2D eigenvalue weighted by atomic mass is 32.1. The minimum atomic E-state index is 0.392.